The molecular weight excluding hydrogens is 338 g/mol. The van der Waals surface area contributed by atoms with Crippen molar-refractivity contribution in [2.24, 2.45) is 0 Å². The van der Waals surface area contributed by atoms with Crippen LogP contribution in [0.15, 0.2) is 16.6 Å². The van der Waals surface area contributed by atoms with E-state index in [0.717, 1.165) is 0 Å². The van der Waals surface area contributed by atoms with Gasteiger partial charge in [-0.15, -0.1) is 0 Å². The van der Waals surface area contributed by atoms with E-state index in [2.05, 4.69) is 33.1 Å². The summed E-state index contributed by atoms with van der Waals surface area (Å²) in [6.07, 6.45) is -0.583. The molecule has 21 heavy (non-hydrogen) atoms. The third kappa shape index (κ3) is 5.88. The van der Waals surface area contributed by atoms with Crippen LogP contribution in [0.1, 0.15) is 31.9 Å². The quantitative estimate of drug-likeness (QED) is 0.757. The number of aliphatic carboxylic acids is 1. The molecule has 1 rings (SSSR count). The summed E-state index contributed by atoms with van der Waals surface area (Å²) >= 11 is 3.30. The summed E-state index contributed by atoms with van der Waals surface area (Å²) < 4.78 is 5.85. The lowest BCUT2D eigenvalue weighted by atomic mass is 10.1. The van der Waals surface area contributed by atoms with Gasteiger partial charge in [-0.1, -0.05) is 21.9 Å². The van der Waals surface area contributed by atoms with E-state index in [1.54, 1.807) is 39.8 Å². The van der Waals surface area contributed by atoms with Gasteiger partial charge in [-0.05, 0) is 45.4 Å². The second-order valence-corrected chi connectivity index (χ2v) is 6.22. The van der Waals surface area contributed by atoms with Crippen LogP contribution in [0.4, 0.5) is 10.5 Å². The Morgan fingerprint density at radius 2 is 1.95 bits per heavy atom. The number of hydrogen-bond donors (Lipinski definition) is 2. The Balaban J connectivity index is 3.07. The van der Waals surface area contributed by atoms with Gasteiger partial charge in [0.15, 0.2) is 0 Å². The van der Waals surface area contributed by atoms with Crippen molar-refractivity contribution in [3.05, 3.63) is 27.7 Å². The maximum atomic E-state index is 11.8. The number of benzene rings is 1. The van der Waals surface area contributed by atoms with E-state index in [-0.39, 0.29) is 0 Å². The number of carbonyl (C=O) groups excluding carboxylic acids is 1. The Bertz CT molecular complexity index is 636. The van der Waals surface area contributed by atoms with Gasteiger partial charge in [0.1, 0.15) is 5.60 Å². The van der Waals surface area contributed by atoms with Crippen LogP contribution in [0, 0.1) is 18.8 Å². The van der Waals surface area contributed by atoms with Gasteiger partial charge in [-0.25, -0.2) is 9.59 Å². The van der Waals surface area contributed by atoms with Gasteiger partial charge < -0.3 is 9.84 Å². The highest BCUT2D eigenvalue weighted by Crippen LogP contribution is 2.25. The number of ether oxygens (including phenoxy) is 1. The molecule has 5 nitrogen and oxygen atoms in total. The largest absolute Gasteiger partial charge is 0.472 e. The highest BCUT2D eigenvalue weighted by atomic mass is 79.9. The second-order valence-electron chi connectivity index (χ2n) is 5.31. The predicted octanol–water partition coefficient (Wildman–Crippen LogP) is 3.54. The van der Waals surface area contributed by atoms with E-state index < -0.39 is 17.7 Å². The molecule has 0 saturated heterocycles. The maximum absolute atomic E-state index is 11.8. The Kier molecular flexibility index (Phi) is 5.39. The van der Waals surface area contributed by atoms with Crippen molar-refractivity contribution in [2.75, 3.05) is 5.32 Å². The summed E-state index contributed by atoms with van der Waals surface area (Å²) in [5, 5.41) is 11.2. The van der Waals surface area contributed by atoms with Crippen molar-refractivity contribution in [3.8, 4) is 11.8 Å². The summed E-state index contributed by atoms with van der Waals surface area (Å²) in [5.41, 5.74) is 1.08. The van der Waals surface area contributed by atoms with Crippen molar-refractivity contribution in [2.45, 2.75) is 33.3 Å². The minimum atomic E-state index is -1.21. The topological polar surface area (TPSA) is 75.6 Å². The molecule has 1 aromatic rings. The fourth-order valence-electron chi connectivity index (χ4n) is 1.47. The van der Waals surface area contributed by atoms with Crippen molar-refractivity contribution in [1.82, 2.24) is 0 Å². The molecule has 0 fully saturated rings. The van der Waals surface area contributed by atoms with Gasteiger partial charge in [-0.2, -0.15) is 0 Å². The third-order valence-corrected chi connectivity index (χ3v) is 2.77. The van der Waals surface area contributed by atoms with Crippen LogP contribution in [0.3, 0.4) is 0 Å². The molecule has 0 aromatic heterocycles. The summed E-state index contributed by atoms with van der Waals surface area (Å²) in [5.74, 6) is 3.38. The number of nitrogens with one attached hydrogen (secondary N) is 1. The number of carboxylic acid groups (broad SMARTS) is 1. The molecular formula is C15H16BrNO4. The van der Waals surface area contributed by atoms with Crippen molar-refractivity contribution >= 4 is 33.7 Å². The number of anilines is 1. The van der Waals surface area contributed by atoms with Crippen LogP contribution in [0.5, 0.6) is 0 Å². The Labute approximate surface area is 131 Å². The van der Waals surface area contributed by atoms with Crippen LogP contribution in [0.2, 0.25) is 0 Å². The van der Waals surface area contributed by atoms with Gasteiger partial charge in [0.2, 0.25) is 0 Å². The average molecular weight is 354 g/mol. The van der Waals surface area contributed by atoms with E-state index in [4.69, 9.17) is 9.84 Å². The zero-order valence-electron chi connectivity index (χ0n) is 12.2. The summed E-state index contributed by atoms with van der Waals surface area (Å²) in [6, 6.07) is 3.39. The standard InChI is InChI=1S/C15H16BrNO4/c1-9-10(5-6-13(18)19)7-11(16)8-12(9)17-14(20)21-15(2,3)4/h7-8H,1-4H3,(H,17,20)(H,18,19). The maximum Gasteiger partial charge on any atom is 0.412 e. The van der Waals surface area contributed by atoms with Gasteiger partial charge in [-0.3, -0.25) is 5.32 Å². The lowest BCUT2D eigenvalue weighted by molar-refractivity contribution is -0.130. The van der Waals surface area contributed by atoms with Crippen molar-refractivity contribution in [1.29, 1.82) is 0 Å². The zero-order valence-corrected chi connectivity index (χ0v) is 13.8. The fraction of sp³-hybridized carbons (Fsp3) is 0.333. The van der Waals surface area contributed by atoms with Crippen molar-refractivity contribution < 1.29 is 19.4 Å². The SMILES string of the molecule is Cc1c(C#CC(=O)O)cc(Br)cc1NC(=O)OC(C)(C)C. The number of halogens is 1. The van der Waals surface area contributed by atoms with Gasteiger partial charge in [0.25, 0.3) is 0 Å². The molecule has 0 radical (unpaired) electrons. The number of carboxylic acids is 1. The van der Waals surface area contributed by atoms with E-state index in [1.807, 2.05) is 0 Å². The highest BCUT2D eigenvalue weighted by Gasteiger charge is 2.17. The van der Waals surface area contributed by atoms with Crippen LogP contribution < -0.4 is 5.32 Å². The molecule has 0 aliphatic carbocycles. The van der Waals surface area contributed by atoms with Gasteiger partial charge in [0, 0.05) is 21.6 Å². The first-order chi connectivity index (χ1) is 9.58. The molecule has 112 valence electrons. The molecule has 1 amide bonds. The first-order valence-electron chi connectivity index (χ1n) is 6.13. The van der Waals surface area contributed by atoms with Crippen molar-refractivity contribution in [3.63, 3.8) is 0 Å². The summed E-state index contributed by atoms with van der Waals surface area (Å²) in [7, 11) is 0. The molecule has 0 atom stereocenters. The molecule has 2 N–H and O–H groups in total. The highest BCUT2D eigenvalue weighted by molar-refractivity contribution is 9.10. The molecule has 0 heterocycles. The summed E-state index contributed by atoms with van der Waals surface area (Å²) in [4.78, 5) is 22.3. The number of amides is 1. The molecule has 0 unspecified atom stereocenters. The Morgan fingerprint density at radius 1 is 1.33 bits per heavy atom. The molecule has 1 aromatic carbocycles. The van der Waals surface area contributed by atoms with Crippen LogP contribution in [-0.2, 0) is 9.53 Å². The lowest BCUT2D eigenvalue weighted by Crippen LogP contribution is -2.27. The molecule has 0 aliphatic heterocycles. The Morgan fingerprint density at radius 3 is 2.48 bits per heavy atom. The fourth-order valence-corrected chi connectivity index (χ4v) is 1.93. The number of carbonyl (C=O) groups is 2. The normalized spacial score (nSPS) is 10.3. The van der Waals surface area contributed by atoms with Crippen LogP contribution >= 0.6 is 15.9 Å². The van der Waals surface area contributed by atoms with Crippen LogP contribution in [0.25, 0.3) is 0 Å². The van der Waals surface area contributed by atoms with E-state index in [0.29, 0.717) is 21.3 Å². The molecule has 0 saturated carbocycles. The minimum Gasteiger partial charge on any atom is -0.472 e. The minimum absolute atomic E-state index is 0.508. The van der Waals surface area contributed by atoms with E-state index in [1.165, 1.54) is 0 Å². The van der Waals surface area contributed by atoms with Crippen LogP contribution in [-0.4, -0.2) is 22.8 Å². The predicted molar refractivity (Wildman–Crippen MR) is 83.2 cm³/mol. The summed E-state index contributed by atoms with van der Waals surface area (Å²) in [6.45, 7) is 7.04. The molecule has 0 bridgehead atoms. The molecule has 6 heteroatoms. The third-order valence-electron chi connectivity index (χ3n) is 2.31. The van der Waals surface area contributed by atoms with Gasteiger partial charge >= 0.3 is 12.1 Å². The van der Waals surface area contributed by atoms with E-state index in [9.17, 15) is 9.59 Å². The first kappa shape index (κ1) is 17.1. The Hall–Kier alpha value is -2.00. The number of rotatable bonds is 1. The van der Waals surface area contributed by atoms with Gasteiger partial charge in [0.05, 0.1) is 0 Å². The average Bonchev–Trinajstić information content (AvgIpc) is 2.28. The monoisotopic (exact) mass is 353 g/mol. The van der Waals surface area contributed by atoms with E-state index >= 15 is 0 Å². The zero-order chi connectivity index (χ0) is 16.2. The number of hydrogen-bond acceptors (Lipinski definition) is 3. The second kappa shape index (κ2) is 6.64. The smallest absolute Gasteiger partial charge is 0.412 e. The first-order valence-corrected chi connectivity index (χ1v) is 6.93. The lowest BCUT2D eigenvalue weighted by Gasteiger charge is -2.20. The molecule has 0 spiro atoms. The molecule has 0 aliphatic rings.